The van der Waals surface area contributed by atoms with Gasteiger partial charge in [0.15, 0.2) is 0 Å². The lowest BCUT2D eigenvalue weighted by molar-refractivity contribution is 0.165. The number of halogens is 2. The van der Waals surface area contributed by atoms with E-state index in [1.807, 2.05) is 48.5 Å². The Morgan fingerprint density at radius 1 is 1.00 bits per heavy atom. The highest BCUT2D eigenvalue weighted by Crippen LogP contribution is 2.51. The minimum atomic E-state index is -0.863. The third-order valence-electron chi connectivity index (χ3n) is 3.38. The van der Waals surface area contributed by atoms with Crippen molar-refractivity contribution in [3.8, 4) is 11.1 Å². The lowest BCUT2D eigenvalue weighted by Gasteiger charge is -2.23. The fraction of sp³-hybridized carbons (Fsp3) is 0.133. The number of benzene rings is 2. The van der Waals surface area contributed by atoms with Gasteiger partial charge in [-0.1, -0.05) is 48.5 Å². The number of rotatable bonds is 2. The van der Waals surface area contributed by atoms with Crippen LogP contribution in [-0.2, 0) is 9.61 Å². The van der Waals surface area contributed by atoms with Gasteiger partial charge in [-0.3, -0.25) is 0 Å². The summed E-state index contributed by atoms with van der Waals surface area (Å²) >= 11 is 12.0. The fourth-order valence-electron chi connectivity index (χ4n) is 2.58. The van der Waals surface area contributed by atoms with Crippen LogP contribution in [-0.4, -0.2) is 12.0 Å². The summed E-state index contributed by atoms with van der Waals surface area (Å²) in [6, 6.07) is 15.7. The first kappa shape index (κ1) is 12.5. The summed E-state index contributed by atoms with van der Waals surface area (Å²) in [4.78, 5) is 9.99. The molecule has 0 amide bonds. The van der Waals surface area contributed by atoms with Crippen LogP contribution in [0.3, 0.4) is 0 Å². The second-order valence-electron chi connectivity index (χ2n) is 4.42. The molecule has 0 fully saturated rings. The maximum atomic E-state index is 10.9. The van der Waals surface area contributed by atoms with E-state index in [1.165, 1.54) is 0 Å². The molecule has 0 radical (unpaired) electrons. The van der Waals surface area contributed by atoms with E-state index < -0.39 is 10.3 Å². The van der Waals surface area contributed by atoms with Crippen molar-refractivity contribution in [3.05, 3.63) is 59.7 Å². The number of alkyl halides is 1. The van der Waals surface area contributed by atoms with E-state index in [-0.39, 0.29) is 6.61 Å². The highest BCUT2D eigenvalue weighted by molar-refractivity contribution is 6.61. The molecule has 0 spiro atoms. The summed E-state index contributed by atoms with van der Waals surface area (Å²) in [6.45, 7) is 0.0188. The maximum Gasteiger partial charge on any atom is 0.403 e. The average molecular weight is 293 g/mol. The Balaban J connectivity index is 2.16. The van der Waals surface area contributed by atoms with E-state index in [4.69, 9.17) is 27.9 Å². The molecule has 0 heterocycles. The van der Waals surface area contributed by atoms with Crippen molar-refractivity contribution in [3.63, 3.8) is 0 Å². The Labute approximate surface area is 120 Å². The highest BCUT2D eigenvalue weighted by Gasteiger charge is 2.42. The van der Waals surface area contributed by atoms with Gasteiger partial charge in [-0.25, -0.2) is 4.79 Å². The molecular formula is C15H10Cl2O2. The third-order valence-corrected chi connectivity index (χ3v) is 4.01. The minimum absolute atomic E-state index is 0.0188. The summed E-state index contributed by atoms with van der Waals surface area (Å²) in [5.74, 6) is 0. The Morgan fingerprint density at radius 2 is 1.47 bits per heavy atom. The molecule has 0 saturated heterocycles. The number of ether oxygens (including phenoxy) is 1. The number of hydrogen-bond donors (Lipinski definition) is 0. The van der Waals surface area contributed by atoms with Crippen LogP contribution in [0.25, 0.3) is 11.1 Å². The van der Waals surface area contributed by atoms with E-state index in [2.05, 4.69) is 0 Å². The number of hydrogen-bond acceptors (Lipinski definition) is 2. The van der Waals surface area contributed by atoms with Gasteiger partial charge >= 0.3 is 5.43 Å². The van der Waals surface area contributed by atoms with E-state index >= 15 is 0 Å². The van der Waals surface area contributed by atoms with Gasteiger partial charge in [0.05, 0.1) is 0 Å². The first-order valence-corrected chi connectivity index (χ1v) is 6.59. The number of carbonyl (C=O) groups is 1. The summed E-state index contributed by atoms with van der Waals surface area (Å²) < 4.78 is 4.94. The first-order chi connectivity index (χ1) is 9.13. The van der Waals surface area contributed by atoms with E-state index in [1.54, 1.807) is 0 Å². The lowest BCUT2D eigenvalue weighted by atomic mass is 9.97. The zero-order valence-electron chi connectivity index (χ0n) is 9.90. The lowest BCUT2D eigenvalue weighted by Crippen LogP contribution is -2.25. The number of fused-ring (bicyclic) bond motifs is 3. The van der Waals surface area contributed by atoms with Crippen LogP contribution in [0.15, 0.2) is 48.5 Å². The van der Waals surface area contributed by atoms with Crippen molar-refractivity contribution < 1.29 is 9.53 Å². The second kappa shape index (κ2) is 4.55. The van der Waals surface area contributed by atoms with Gasteiger partial charge < -0.3 is 4.74 Å². The molecule has 3 rings (SSSR count). The Hall–Kier alpha value is -1.51. The molecule has 96 valence electrons. The largest absolute Gasteiger partial charge is 0.451 e. The van der Waals surface area contributed by atoms with Gasteiger partial charge in [0, 0.05) is 11.6 Å². The zero-order chi connectivity index (χ0) is 13.5. The molecule has 0 N–H and O–H groups in total. The number of carbonyl (C=O) groups excluding carboxylic acids is 1. The van der Waals surface area contributed by atoms with E-state index in [0.29, 0.717) is 0 Å². The molecule has 0 atom stereocenters. The minimum Gasteiger partial charge on any atom is -0.451 e. The van der Waals surface area contributed by atoms with Crippen LogP contribution in [0.4, 0.5) is 4.79 Å². The Morgan fingerprint density at radius 3 is 1.95 bits per heavy atom. The standard InChI is InChI=1S/C15H10Cl2O2/c16-14(18)19-9-15(17)12-7-3-1-5-10(12)11-6-2-4-8-13(11)15/h1-8H,9H2. The van der Waals surface area contributed by atoms with Crippen LogP contribution in [0, 0.1) is 0 Å². The van der Waals surface area contributed by atoms with Crippen molar-refractivity contribution in [2.24, 2.45) is 0 Å². The SMILES string of the molecule is O=C(Cl)OCC1(Cl)c2ccccc2-c2ccccc21. The van der Waals surface area contributed by atoms with Gasteiger partial charge in [0.2, 0.25) is 0 Å². The van der Waals surface area contributed by atoms with Crippen LogP contribution >= 0.6 is 23.2 Å². The monoisotopic (exact) mass is 292 g/mol. The summed E-state index contributed by atoms with van der Waals surface area (Å²) in [5.41, 5.74) is 3.17. The first-order valence-electron chi connectivity index (χ1n) is 5.83. The van der Waals surface area contributed by atoms with Crippen molar-refractivity contribution in [1.29, 1.82) is 0 Å². The van der Waals surface area contributed by atoms with Crippen molar-refractivity contribution in [2.75, 3.05) is 6.61 Å². The molecule has 2 nitrogen and oxygen atoms in total. The molecule has 0 unspecified atom stereocenters. The van der Waals surface area contributed by atoms with Crippen LogP contribution in [0.1, 0.15) is 11.1 Å². The third kappa shape index (κ3) is 1.92. The maximum absolute atomic E-state index is 10.9. The Kier molecular flexibility index (Phi) is 3.00. The van der Waals surface area contributed by atoms with E-state index in [9.17, 15) is 4.79 Å². The molecule has 2 aromatic rings. The normalized spacial score (nSPS) is 14.6. The highest BCUT2D eigenvalue weighted by atomic mass is 35.5. The molecular weight excluding hydrogens is 283 g/mol. The predicted octanol–water partition coefficient (Wildman–Crippen LogP) is 4.52. The molecule has 2 aromatic carbocycles. The molecule has 1 aliphatic carbocycles. The van der Waals surface area contributed by atoms with Crippen LogP contribution in [0.2, 0.25) is 0 Å². The predicted molar refractivity (Wildman–Crippen MR) is 75.7 cm³/mol. The summed E-state index contributed by atoms with van der Waals surface area (Å²) in [6.07, 6.45) is 0. The van der Waals surface area contributed by atoms with Gasteiger partial charge in [-0.15, -0.1) is 11.6 Å². The van der Waals surface area contributed by atoms with E-state index in [0.717, 1.165) is 22.3 Å². The van der Waals surface area contributed by atoms with Crippen molar-refractivity contribution in [1.82, 2.24) is 0 Å². The molecule has 1 aliphatic rings. The summed E-state index contributed by atoms with van der Waals surface area (Å²) in [5, 5.41) is 0. The van der Waals surface area contributed by atoms with Crippen molar-refractivity contribution >= 4 is 28.6 Å². The van der Waals surface area contributed by atoms with Crippen LogP contribution in [0.5, 0.6) is 0 Å². The second-order valence-corrected chi connectivity index (χ2v) is 5.37. The average Bonchev–Trinajstić information content (AvgIpc) is 2.69. The Bertz CT molecular complexity index is 607. The molecule has 19 heavy (non-hydrogen) atoms. The van der Waals surface area contributed by atoms with Gasteiger partial charge in [0.25, 0.3) is 0 Å². The van der Waals surface area contributed by atoms with Crippen LogP contribution < -0.4 is 0 Å². The zero-order valence-corrected chi connectivity index (χ0v) is 11.4. The molecule has 0 bridgehead atoms. The smallest absolute Gasteiger partial charge is 0.403 e. The van der Waals surface area contributed by atoms with Gasteiger partial charge in [0.1, 0.15) is 11.5 Å². The molecule has 0 saturated carbocycles. The van der Waals surface area contributed by atoms with Gasteiger partial charge in [-0.2, -0.15) is 0 Å². The quantitative estimate of drug-likeness (QED) is 0.601. The molecule has 0 aromatic heterocycles. The molecule has 0 aliphatic heterocycles. The van der Waals surface area contributed by atoms with Crippen molar-refractivity contribution in [2.45, 2.75) is 4.87 Å². The van der Waals surface area contributed by atoms with Gasteiger partial charge in [-0.05, 0) is 22.3 Å². The fourth-order valence-corrected chi connectivity index (χ4v) is 3.02. The topological polar surface area (TPSA) is 26.3 Å². The molecule has 4 heteroatoms. The summed E-state index contributed by atoms with van der Waals surface area (Å²) in [7, 11) is 0.